The van der Waals surface area contributed by atoms with Gasteiger partial charge in [0.15, 0.2) is 11.5 Å². The second kappa shape index (κ2) is 4.81. The summed E-state index contributed by atoms with van der Waals surface area (Å²) in [5.74, 6) is -0.907. The Morgan fingerprint density at radius 3 is 2.60 bits per heavy atom. The van der Waals surface area contributed by atoms with Crippen molar-refractivity contribution in [2.45, 2.75) is 38.4 Å². The average Bonchev–Trinajstić information content (AvgIpc) is 3.03. The molecule has 3 rings (SSSR count). The van der Waals surface area contributed by atoms with E-state index < -0.39 is 17.5 Å². The molecule has 1 heterocycles. The first-order valence-electron chi connectivity index (χ1n) is 6.87. The minimum absolute atomic E-state index is 0.179. The number of fused-ring (bicyclic) bond motifs is 1. The molecule has 1 spiro atoms. The van der Waals surface area contributed by atoms with Crippen molar-refractivity contribution in [2.75, 3.05) is 6.61 Å². The lowest BCUT2D eigenvalue weighted by Gasteiger charge is -2.21. The van der Waals surface area contributed by atoms with Crippen molar-refractivity contribution in [1.29, 1.82) is 0 Å². The number of rotatable bonds is 3. The molecule has 1 aliphatic carbocycles. The van der Waals surface area contributed by atoms with E-state index in [0.717, 1.165) is 25.7 Å². The standard InChI is InChI=1S/C15H16O5/c1-2-18-14(17)13(16)10-5-6-11-12(9-10)20-15(19-11)7-3-4-8-15/h5-6,9H,2-4,7-8H2,1H3. The third-order valence-corrected chi connectivity index (χ3v) is 3.62. The van der Waals surface area contributed by atoms with Crippen LogP contribution in [0.4, 0.5) is 0 Å². The van der Waals surface area contributed by atoms with Gasteiger partial charge in [-0.25, -0.2) is 4.79 Å². The Morgan fingerprint density at radius 1 is 1.20 bits per heavy atom. The molecule has 1 aromatic carbocycles. The van der Waals surface area contributed by atoms with E-state index in [9.17, 15) is 9.59 Å². The molecule has 0 atom stereocenters. The van der Waals surface area contributed by atoms with E-state index in [4.69, 9.17) is 14.2 Å². The number of carbonyl (C=O) groups excluding carboxylic acids is 2. The zero-order chi connectivity index (χ0) is 14.2. The maximum atomic E-state index is 11.9. The number of hydrogen-bond donors (Lipinski definition) is 0. The van der Waals surface area contributed by atoms with E-state index in [-0.39, 0.29) is 12.2 Å². The Hall–Kier alpha value is -2.04. The summed E-state index contributed by atoms with van der Waals surface area (Å²) >= 11 is 0. The fraction of sp³-hybridized carbons (Fsp3) is 0.467. The minimum Gasteiger partial charge on any atom is -0.460 e. The van der Waals surface area contributed by atoms with Crippen molar-refractivity contribution in [1.82, 2.24) is 0 Å². The first-order valence-corrected chi connectivity index (χ1v) is 6.87. The summed E-state index contributed by atoms with van der Waals surface area (Å²) in [6.07, 6.45) is 3.84. The molecule has 0 bridgehead atoms. The Kier molecular flexibility index (Phi) is 3.12. The fourth-order valence-corrected chi connectivity index (χ4v) is 2.67. The predicted molar refractivity (Wildman–Crippen MR) is 69.9 cm³/mol. The van der Waals surface area contributed by atoms with Crippen molar-refractivity contribution < 1.29 is 23.8 Å². The highest BCUT2D eigenvalue weighted by atomic mass is 16.7. The molecule has 2 aliphatic rings. The lowest BCUT2D eigenvalue weighted by Crippen LogP contribution is -2.34. The van der Waals surface area contributed by atoms with Crippen LogP contribution < -0.4 is 9.47 Å². The number of Topliss-reactive ketones (excluding diaryl/α,β-unsaturated/α-hetero) is 1. The van der Waals surface area contributed by atoms with Crippen LogP contribution in [0.25, 0.3) is 0 Å². The van der Waals surface area contributed by atoms with Crippen LogP contribution >= 0.6 is 0 Å². The topological polar surface area (TPSA) is 61.8 Å². The molecular weight excluding hydrogens is 260 g/mol. The molecule has 0 aromatic heterocycles. The Bertz CT molecular complexity index is 557. The Morgan fingerprint density at radius 2 is 1.90 bits per heavy atom. The van der Waals surface area contributed by atoms with E-state index in [1.807, 2.05) is 0 Å². The third-order valence-electron chi connectivity index (χ3n) is 3.62. The smallest absolute Gasteiger partial charge is 0.379 e. The second-order valence-electron chi connectivity index (χ2n) is 5.03. The van der Waals surface area contributed by atoms with Crippen molar-refractivity contribution in [3.05, 3.63) is 23.8 Å². The number of ketones is 1. The van der Waals surface area contributed by atoms with Gasteiger partial charge in [-0.2, -0.15) is 0 Å². The summed E-state index contributed by atoms with van der Waals surface area (Å²) in [5, 5.41) is 0. The summed E-state index contributed by atoms with van der Waals surface area (Å²) in [6, 6.07) is 4.80. The molecule has 1 fully saturated rings. The third kappa shape index (κ3) is 2.13. The van der Waals surface area contributed by atoms with Gasteiger partial charge in [0.25, 0.3) is 11.6 Å². The SMILES string of the molecule is CCOC(=O)C(=O)c1ccc2c(c1)OC1(CCCC1)O2. The quantitative estimate of drug-likeness (QED) is 0.482. The highest BCUT2D eigenvalue weighted by molar-refractivity contribution is 6.40. The van der Waals surface area contributed by atoms with Crippen LogP contribution in [0, 0.1) is 0 Å². The summed E-state index contributed by atoms with van der Waals surface area (Å²) in [4.78, 5) is 23.3. The average molecular weight is 276 g/mol. The van der Waals surface area contributed by atoms with Gasteiger partial charge in [0.1, 0.15) is 0 Å². The lowest BCUT2D eigenvalue weighted by atomic mass is 10.1. The van der Waals surface area contributed by atoms with E-state index in [2.05, 4.69) is 0 Å². The minimum atomic E-state index is -0.845. The first kappa shape index (κ1) is 13.0. The summed E-state index contributed by atoms with van der Waals surface area (Å²) in [5.41, 5.74) is 0.265. The Balaban J connectivity index is 1.82. The summed E-state index contributed by atoms with van der Waals surface area (Å²) < 4.78 is 16.4. The molecule has 1 aliphatic heterocycles. The zero-order valence-corrected chi connectivity index (χ0v) is 11.3. The van der Waals surface area contributed by atoms with Crippen LogP contribution in [0.2, 0.25) is 0 Å². The van der Waals surface area contributed by atoms with Gasteiger partial charge in [0.2, 0.25) is 0 Å². The van der Waals surface area contributed by atoms with Crippen LogP contribution in [-0.2, 0) is 9.53 Å². The molecule has 5 heteroatoms. The number of esters is 1. The highest BCUT2D eigenvalue weighted by Crippen LogP contribution is 2.46. The molecular formula is C15H16O5. The maximum Gasteiger partial charge on any atom is 0.379 e. The maximum absolute atomic E-state index is 11.9. The highest BCUT2D eigenvalue weighted by Gasteiger charge is 2.44. The first-order chi connectivity index (χ1) is 9.63. The molecule has 0 unspecified atom stereocenters. The van der Waals surface area contributed by atoms with Crippen LogP contribution in [0.5, 0.6) is 11.5 Å². The van der Waals surface area contributed by atoms with Gasteiger partial charge in [-0.3, -0.25) is 4.79 Å². The summed E-state index contributed by atoms with van der Waals surface area (Å²) in [6.45, 7) is 1.84. The normalized spacial score (nSPS) is 18.2. The van der Waals surface area contributed by atoms with Crippen LogP contribution in [-0.4, -0.2) is 24.1 Å². The van der Waals surface area contributed by atoms with Crippen LogP contribution in [0.15, 0.2) is 18.2 Å². The number of carbonyl (C=O) groups is 2. The second-order valence-corrected chi connectivity index (χ2v) is 5.03. The van der Waals surface area contributed by atoms with Gasteiger partial charge in [0.05, 0.1) is 6.61 Å². The van der Waals surface area contributed by atoms with E-state index in [0.29, 0.717) is 11.5 Å². The molecule has 106 valence electrons. The largest absolute Gasteiger partial charge is 0.460 e. The van der Waals surface area contributed by atoms with Crippen molar-refractivity contribution in [2.24, 2.45) is 0 Å². The molecule has 0 amide bonds. The van der Waals surface area contributed by atoms with Gasteiger partial charge < -0.3 is 14.2 Å². The zero-order valence-electron chi connectivity index (χ0n) is 11.3. The predicted octanol–water partition coefficient (Wildman–Crippen LogP) is 2.47. The van der Waals surface area contributed by atoms with E-state index >= 15 is 0 Å². The molecule has 0 N–H and O–H groups in total. The van der Waals surface area contributed by atoms with Gasteiger partial charge >= 0.3 is 5.97 Å². The number of benzene rings is 1. The summed E-state index contributed by atoms with van der Waals surface area (Å²) in [7, 11) is 0. The van der Waals surface area contributed by atoms with Gasteiger partial charge in [-0.15, -0.1) is 0 Å². The van der Waals surface area contributed by atoms with E-state index in [1.165, 1.54) is 0 Å². The van der Waals surface area contributed by atoms with Gasteiger partial charge in [-0.05, 0) is 38.0 Å². The molecule has 20 heavy (non-hydrogen) atoms. The number of hydrogen-bond acceptors (Lipinski definition) is 5. The molecule has 1 aromatic rings. The van der Waals surface area contributed by atoms with Gasteiger partial charge in [0, 0.05) is 18.4 Å². The van der Waals surface area contributed by atoms with Crippen molar-refractivity contribution in [3.63, 3.8) is 0 Å². The van der Waals surface area contributed by atoms with Crippen LogP contribution in [0.3, 0.4) is 0 Å². The van der Waals surface area contributed by atoms with Gasteiger partial charge in [-0.1, -0.05) is 0 Å². The monoisotopic (exact) mass is 276 g/mol. The molecule has 0 saturated heterocycles. The molecule has 1 saturated carbocycles. The lowest BCUT2D eigenvalue weighted by molar-refractivity contribution is -0.137. The van der Waals surface area contributed by atoms with E-state index in [1.54, 1.807) is 25.1 Å². The van der Waals surface area contributed by atoms with Crippen molar-refractivity contribution >= 4 is 11.8 Å². The fourth-order valence-electron chi connectivity index (χ4n) is 2.67. The molecule has 5 nitrogen and oxygen atoms in total. The molecule has 0 radical (unpaired) electrons. The number of ether oxygens (including phenoxy) is 3. The van der Waals surface area contributed by atoms with Crippen LogP contribution in [0.1, 0.15) is 43.0 Å². The Labute approximate surface area is 116 Å². The van der Waals surface area contributed by atoms with Crippen molar-refractivity contribution in [3.8, 4) is 11.5 Å².